The first-order chi connectivity index (χ1) is 10.7. The fraction of sp³-hybridized carbons (Fsp3) is 0.500. The van der Waals surface area contributed by atoms with E-state index in [2.05, 4.69) is 10.2 Å². The normalized spacial score (nSPS) is 20.0. The molecule has 1 N–H and O–H groups in total. The molecular formula is C16H19FN4O. The maximum Gasteiger partial charge on any atom is 0.317 e. The third-order valence-electron chi connectivity index (χ3n) is 4.46. The van der Waals surface area contributed by atoms with Gasteiger partial charge < -0.3 is 10.2 Å². The molecule has 6 heteroatoms. The van der Waals surface area contributed by atoms with Gasteiger partial charge in [-0.1, -0.05) is 6.07 Å². The van der Waals surface area contributed by atoms with Gasteiger partial charge in [-0.15, -0.1) is 0 Å². The number of urea groups is 1. The first kappa shape index (κ1) is 14.8. The summed E-state index contributed by atoms with van der Waals surface area (Å²) < 4.78 is 13.9. The number of benzene rings is 1. The Morgan fingerprint density at radius 2 is 2.09 bits per heavy atom. The Morgan fingerprint density at radius 3 is 2.68 bits per heavy atom. The van der Waals surface area contributed by atoms with E-state index in [1.54, 1.807) is 12.1 Å². The second-order valence-corrected chi connectivity index (χ2v) is 5.85. The second kappa shape index (κ2) is 6.32. The number of hydrogen-bond donors (Lipinski definition) is 1. The number of rotatable bonds is 3. The Hall–Kier alpha value is -2.13. The molecule has 2 aliphatic rings. The highest BCUT2D eigenvalue weighted by atomic mass is 19.1. The number of hydrogen-bond acceptors (Lipinski definition) is 3. The second-order valence-electron chi connectivity index (χ2n) is 5.85. The van der Waals surface area contributed by atoms with Gasteiger partial charge >= 0.3 is 6.03 Å². The number of nitriles is 1. The van der Waals surface area contributed by atoms with Crippen LogP contribution in [0.2, 0.25) is 0 Å². The highest BCUT2D eigenvalue weighted by Gasteiger charge is 2.30. The van der Waals surface area contributed by atoms with Crippen molar-refractivity contribution >= 4 is 6.03 Å². The lowest BCUT2D eigenvalue weighted by Gasteiger charge is -2.36. The molecule has 2 aliphatic heterocycles. The van der Waals surface area contributed by atoms with Gasteiger partial charge in [-0.05, 0) is 25.0 Å². The van der Waals surface area contributed by atoms with Crippen LogP contribution in [0.1, 0.15) is 24.0 Å². The SMILES string of the molecule is N#Cc1ccc(CN2CCC(N3CCNC3=O)CC2)c(F)c1. The van der Waals surface area contributed by atoms with E-state index in [0.29, 0.717) is 23.7 Å². The van der Waals surface area contributed by atoms with E-state index in [0.717, 1.165) is 39.0 Å². The Bertz CT molecular complexity index is 605. The number of halogens is 1. The molecule has 1 aromatic carbocycles. The van der Waals surface area contributed by atoms with E-state index in [9.17, 15) is 9.18 Å². The predicted octanol–water partition coefficient (Wildman–Crippen LogP) is 1.69. The van der Waals surface area contributed by atoms with Crippen molar-refractivity contribution in [3.8, 4) is 6.07 Å². The molecule has 1 aromatic rings. The summed E-state index contributed by atoms with van der Waals surface area (Å²) in [5.74, 6) is -0.319. The molecule has 0 bridgehead atoms. The Kier molecular flexibility index (Phi) is 4.25. The van der Waals surface area contributed by atoms with E-state index in [1.807, 2.05) is 11.0 Å². The van der Waals surface area contributed by atoms with Crippen LogP contribution in [0.3, 0.4) is 0 Å². The van der Waals surface area contributed by atoms with E-state index in [-0.39, 0.29) is 11.8 Å². The molecule has 22 heavy (non-hydrogen) atoms. The average molecular weight is 302 g/mol. The molecule has 2 amide bonds. The quantitative estimate of drug-likeness (QED) is 0.924. The summed E-state index contributed by atoms with van der Waals surface area (Å²) >= 11 is 0. The first-order valence-corrected chi connectivity index (χ1v) is 7.63. The van der Waals surface area contributed by atoms with E-state index < -0.39 is 0 Å². The molecule has 0 unspecified atom stereocenters. The van der Waals surface area contributed by atoms with Crippen molar-refractivity contribution < 1.29 is 9.18 Å². The number of carbonyl (C=O) groups excluding carboxylic acids is 1. The van der Waals surface area contributed by atoms with Crippen molar-refractivity contribution in [2.75, 3.05) is 26.2 Å². The van der Waals surface area contributed by atoms with Gasteiger partial charge in [0.15, 0.2) is 0 Å². The smallest absolute Gasteiger partial charge is 0.317 e. The molecule has 0 radical (unpaired) electrons. The zero-order valence-corrected chi connectivity index (χ0v) is 12.4. The van der Waals surface area contributed by atoms with Gasteiger partial charge in [0.25, 0.3) is 0 Å². The summed E-state index contributed by atoms with van der Waals surface area (Å²) in [5, 5.41) is 11.6. The summed E-state index contributed by atoms with van der Waals surface area (Å²) in [6, 6.07) is 6.91. The topological polar surface area (TPSA) is 59.4 Å². The summed E-state index contributed by atoms with van der Waals surface area (Å²) in [6.07, 6.45) is 1.84. The number of nitrogens with zero attached hydrogens (tertiary/aromatic N) is 3. The van der Waals surface area contributed by atoms with Crippen LogP contribution in [0.15, 0.2) is 18.2 Å². The maximum atomic E-state index is 13.9. The Labute approximate surface area is 129 Å². The van der Waals surface area contributed by atoms with Crippen molar-refractivity contribution in [1.82, 2.24) is 15.1 Å². The number of carbonyl (C=O) groups is 1. The lowest BCUT2D eigenvalue weighted by molar-refractivity contribution is 0.131. The summed E-state index contributed by atoms with van der Waals surface area (Å²) in [4.78, 5) is 15.8. The molecule has 0 spiro atoms. The molecule has 0 aromatic heterocycles. The van der Waals surface area contributed by atoms with Crippen molar-refractivity contribution in [3.05, 3.63) is 35.1 Å². The van der Waals surface area contributed by atoms with Crippen LogP contribution < -0.4 is 5.32 Å². The van der Waals surface area contributed by atoms with E-state index in [4.69, 9.17) is 5.26 Å². The number of piperidine rings is 1. The fourth-order valence-corrected chi connectivity index (χ4v) is 3.21. The minimum atomic E-state index is -0.319. The molecule has 5 nitrogen and oxygen atoms in total. The van der Waals surface area contributed by atoms with Crippen LogP contribution >= 0.6 is 0 Å². The van der Waals surface area contributed by atoms with Crippen LogP contribution in [0.4, 0.5) is 9.18 Å². The highest BCUT2D eigenvalue weighted by Crippen LogP contribution is 2.21. The predicted molar refractivity (Wildman–Crippen MR) is 79.5 cm³/mol. The average Bonchev–Trinajstić information content (AvgIpc) is 2.96. The third kappa shape index (κ3) is 3.04. The lowest BCUT2D eigenvalue weighted by atomic mass is 10.0. The fourth-order valence-electron chi connectivity index (χ4n) is 3.21. The Balaban J connectivity index is 1.56. The van der Waals surface area contributed by atoms with Crippen molar-refractivity contribution in [1.29, 1.82) is 5.26 Å². The molecular weight excluding hydrogens is 283 g/mol. The van der Waals surface area contributed by atoms with Crippen LogP contribution in [0.25, 0.3) is 0 Å². The lowest BCUT2D eigenvalue weighted by Crippen LogP contribution is -2.45. The first-order valence-electron chi connectivity index (χ1n) is 7.63. The zero-order valence-electron chi connectivity index (χ0n) is 12.4. The van der Waals surface area contributed by atoms with Crippen molar-refractivity contribution in [2.45, 2.75) is 25.4 Å². The maximum absolute atomic E-state index is 13.9. The molecule has 0 aliphatic carbocycles. The van der Waals surface area contributed by atoms with E-state index >= 15 is 0 Å². The Morgan fingerprint density at radius 1 is 1.32 bits per heavy atom. The molecule has 2 fully saturated rings. The van der Waals surface area contributed by atoms with Crippen LogP contribution in [-0.2, 0) is 6.54 Å². The van der Waals surface area contributed by atoms with Crippen LogP contribution in [-0.4, -0.2) is 48.1 Å². The number of likely N-dealkylation sites (tertiary alicyclic amines) is 1. The molecule has 0 atom stereocenters. The van der Waals surface area contributed by atoms with Crippen LogP contribution in [0.5, 0.6) is 0 Å². The van der Waals surface area contributed by atoms with Crippen molar-refractivity contribution in [3.63, 3.8) is 0 Å². The minimum Gasteiger partial charge on any atom is -0.336 e. The molecule has 2 saturated heterocycles. The van der Waals surface area contributed by atoms with Crippen LogP contribution in [0, 0.1) is 17.1 Å². The van der Waals surface area contributed by atoms with Gasteiger partial charge in [0.1, 0.15) is 5.82 Å². The number of amides is 2. The molecule has 3 rings (SSSR count). The minimum absolute atomic E-state index is 0.0385. The van der Waals surface area contributed by atoms with Gasteiger partial charge in [-0.25, -0.2) is 9.18 Å². The largest absolute Gasteiger partial charge is 0.336 e. The number of nitrogens with one attached hydrogen (secondary N) is 1. The third-order valence-corrected chi connectivity index (χ3v) is 4.46. The standard InChI is InChI=1S/C16H19FN4O/c17-15-9-12(10-18)1-2-13(15)11-20-6-3-14(4-7-20)21-8-5-19-16(21)22/h1-2,9,14H,3-8,11H2,(H,19,22). The van der Waals surface area contributed by atoms with Crippen molar-refractivity contribution in [2.24, 2.45) is 0 Å². The van der Waals surface area contributed by atoms with Gasteiger partial charge in [0.05, 0.1) is 11.6 Å². The molecule has 116 valence electrons. The van der Waals surface area contributed by atoms with Gasteiger partial charge in [0.2, 0.25) is 0 Å². The van der Waals surface area contributed by atoms with Gasteiger partial charge in [0, 0.05) is 44.3 Å². The summed E-state index contributed by atoms with van der Waals surface area (Å²) in [5.41, 5.74) is 0.969. The van der Waals surface area contributed by atoms with Gasteiger partial charge in [-0.2, -0.15) is 5.26 Å². The summed E-state index contributed by atoms with van der Waals surface area (Å²) in [6.45, 7) is 3.78. The summed E-state index contributed by atoms with van der Waals surface area (Å²) in [7, 11) is 0. The molecule has 2 heterocycles. The highest BCUT2D eigenvalue weighted by molar-refractivity contribution is 5.76. The zero-order chi connectivity index (χ0) is 15.5. The molecule has 0 saturated carbocycles. The van der Waals surface area contributed by atoms with Gasteiger partial charge in [-0.3, -0.25) is 4.90 Å². The van der Waals surface area contributed by atoms with E-state index in [1.165, 1.54) is 6.07 Å². The monoisotopic (exact) mass is 302 g/mol.